The first-order valence-electron chi connectivity index (χ1n) is 5.80. The van der Waals surface area contributed by atoms with Gasteiger partial charge in [0.2, 0.25) is 0 Å². The van der Waals surface area contributed by atoms with Gasteiger partial charge >= 0.3 is 0 Å². The monoisotopic (exact) mass is 240 g/mol. The van der Waals surface area contributed by atoms with E-state index in [1.165, 1.54) is 0 Å². The van der Waals surface area contributed by atoms with Crippen molar-refractivity contribution in [2.75, 3.05) is 26.4 Å². The maximum absolute atomic E-state index is 5.62. The summed E-state index contributed by atoms with van der Waals surface area (Å²) in [7, 11) is 0. The van der Waals surface area contributed by atoms with Gasteiger partial charge in [-0.1, -0.05) is 13.2 Å². The van der Waals surface area contributed by atoms with E-state index in [4.69, 9.17) is 18.9 Å². The van der Waals surface area contributed by atoms with Gasteiger partial charge in [0, 0.05) is 0 Å². The molecule has 4 nitrogen and oxygen atoms in total. The normalized spacial score (nSPS) is 38.0. The predicted molar refractivity (Wildman–Crippen MR) is 63.4 cm³/mol. The highest BCUT2D eigenvalue weighted by Crippen LogP contribution is 2.32. The molecule has 2 aliphatic heterocycles. The maximum Gasteiger partial charge on any atom is 0.179 e. The first-order chi connectivity index (χ1) is 8.02. The highest BCUT2D eigenvalue weighted by molar-refractivity contribution is 4.99. The Morgan fingerprint density at radius 3 is 1.35 bits per heavy atom. The van der Waals surface area contributed by atoms with Crippen LogP contribution < -0.4 is 0 Å². The Labute approximate surface area is 102 Å². The van der Waals surface area contributed by atoms with Crippen molar-refractivity contribution in [1.29, 1.82) is 0 Å². The van der Waals surface area contributed by atoms with Gasteiger partial charge in [-0.25, -0.2) is 0 Å². The van der Waals surface area contributed by atoms with Gasteiger partial charge in [-0.15, -0.1) is 0 Å². The summed E-state index contributed by atoms with van der Waals surface area (Å²) in [6, 6.07) is 0. The molecule has 0 amide bonds. The number of hydrogen-bond donors (Lipinski definition) is 0. The van der Waals surface area contributed by atoms with Crippen molar-refractivity contribution in [3.8, 4) is 0 Å². The molecule has 0 aromatic rings. The van der Waals surface area contributed by atoms with Crippen LogP contribution in [0, 0.1) is 5.41 Å². The highest BCUT2D eigenvalue weighted by Gasteiger charge is 2.42. The van der Waals surface area contributed by atoms with Gasteiger partial charge < -0.3 is 18.9 Å². The summed E-state index contributed by atoms with van der Waals surface area (Å²) in [5, 5.41) is 0. The fraction of sp³-hybridized carbons (Fsp3) is 0.692. The topological polar surface area (TPSA) is 36.9 Å². The Kier molecular flexibility index (Phi) is 3.68. The van der Waals surface area contributed by atoms with E-state index in [2.05, 4.69) is 13.2 Å². The van der Waals surface area contributed by atoms with E-state index in [0.717, 1.165) is 11.1 Å². The van der Waals surface area contributed by atoms with Crippen molar-refractivity contribution in [1.82, 2.24) is 0 Å². The third kappa shape index (κ3) is 2.77. The van der Waals surface area contributed by atoms with E-state index in [1.807, 2.05) is 13.8 Å². The molecule has 2 rings (SSSR count). The van der Waals surface area contributed by atoms with Crippen molar-refractivity contribution in [2.24, 2.45) is 5.41 Å². The largest absolute Gasteiger partial charge is 0.348 e. The van der Waals surface area contributed by atoms with E-state index < -0.39 is 0 Å². The predicted octanol–water partition coefficient (Wildman–Crippen LogP) is 1.87. The van der Waals surface area contributed by atoms with Crippen molar-refractivity contribution in [3.63, 3.8) is 0 Å². The molecule has 0 aromatic heterocycles. The van der Waals surface area contributed by atoms with E-state index >= 15 is 0 Å². The minimum absolute atomic E-state index is 0.183. The van der Waals surface area contributed by atoms with E-state index in [1.54, 1.807) is 0 Å². The molecule has 0 bridgehead atoms. The molecule has 2 saturated heterocycles. The Hall–Kier alpha value is -0.680. The van der Waals surface area contributed by atoms with Crippen molar-refractivity contribution in [3.05, 3.63) is 24.3 Å². The molecule has 2 aliphatic rings. The van der Waals surface area contributed by atoms with Crippen molar-refractivity contribution in [2.45, 2.75) is 26.4 Å². The Bertz CT molecular complexity index is 272. The van der Waals surface area contributed by atoms with Crippen LogP contribution in [-0.2, 0) is 18.9 Å². The first-order valence-corrected chi connectivity index (χ1v) is 5.80. The van der Waals surface area contributed by atoms with Gasteiger partial charge in [0.25, 0.3) is 0 Å². The molecule has 1 spiro atoms. The average Bonchev–Trinajstić information content (AvgIpc) is 2.30. The summed E-state index contributed by atoms with van der Waals surface area (Å²) in [6.45, 7) is 13.7. The van der Waals surface area contributed by atoms with E-state index in [-0.39, 0.29) is 18.0 Å². The van der Waals surface area contributed by atoms with Crippen LogP contribution in [0.5, 0.6) is 0 Å². The van der Waals surface area contributed by atoms with Crippen molar-refractivity contribution < 1.29 is 18.9 Å². The van der Waals surface area contributed by atoms with E-state index in [9.17, 15) is 0 Å². The van der Waals surface area contributed by atoms with Gasteiger partial charge in [0.1, 0.15) is 0 Å². The van der Waals surface area contributed by atoms with Crippen LogP contribution in [-0.4, -0.2) is 39.0 Å². The molecule has 0 aliphatic carbocycles. The third-order valence-electron chi connectivity index (χ3n) is 2.97. The van der Waals surface area contributed by atoms with Crippen LogP contribution in [0.1, 0.15) is 13.8 Å². The van der Waals surface area contributed by atoms with Crippen LogP contribution >= 0.6 is 0 Å². The highest BCUT2D eigenvalue weighted by atomic mass is 16.7. The molecule has 2 heterocycles. The zero-order valence-corrected chi connectivity index (χ0v) is 10.5. The molecule has 0 unspecified atom stereocenters. The third-order valence-corrected chi connectivity index (χ3v) is 2.97. The lowest BCUT2D eigenvalue weighted by Crippen LogP contribution is -2.52. The summed E-state index contributed by atoms with van der Waals surface area (Å²) in [5.41, 5.74) is 1.59. The molecular weight excluding hydrogens is 220 g/mol. The minimum Gasteiger partial charge on any atom is -0.348 e. The standard InChI is InChI=1S/C13H20O4/c1-9(2)11-14-5-13(6-15-11)7-16-12(10(3)4)17-8-13/h11-12H,1,3,5-8H2,2,4H3. The average molecular weight is 240 g/mol. The number of hydrogen-bond acceptors (Lipinski definition) is 4. The zero-order chi connectivity index (χ0) is 12.5. The second-order valence-corrected chi connectivity index (χ2v) is 5.10. The summed E-state index contributed by atoms with van der Waals surface area (Å²) < 4.78 is 22.5. The smallest absolute Gasteiger partial charge is 0.179 e. The molecule has 4 heteroatoms. The van der Waals surface area contributed by atoms with Crippen LogP contribution in [0.25, 0.3) is 0 Å². The maximum atomic E-state index is 5.62. The summed E-state index contributed by atoms with van der Waals surface area (Å²) in [5.74, 6) is 0. The summed E-state index contributed by atoms with van der Waals surface area (Å²) in [4.78, 5) is 0. The molecule has 0 atom stereocenters. The second kappa shape index (κ2) is 4.90. The van der Waals surface area contributed by atoms with Crippen LogP contribution in [0.4, 0.5) is 0 Å². The summed E-state index contributed by atoms with van der Waals surface area (Å²) in [6.07, 6.45) is -0.584. The van der Waals surface area contributed by atoms with Crippen LogP contribution in [0.15, 0.2) is 24.3 Å². The van der Waals surface area contributed by atoms with Gasteiger partial charge in [0.05, 0.1) is 31.8 Å². The Balaban J connectivity index is 1.88. The Morgan fingerprint density at radius 1 is 0.824 bits per heavy atom. The fourth-order valence-electron chi connectivity index (χ4n) is 1.93. The molecule has 2 fully saturated rings. The molecule has 0 N–H and O–H groups in total. The molecule has 0 saturated carbocycles. The van der Waals surface area contributed by atoms with Crippen molar-refractivity contribution >= 4 is 0 Å². The zero-order valence-electron chi connectivity index (χ0n) is 10.5. The number of ether oxygens (including phenoxy) is 4. The van der Waals surface area contributed by atoms with Gasteiger partial charge in [-0.3, -0.25) is 0 Å². The molecule has 0 aromatic carbocycles. The molecule has 0 radical (unpaired) electrons. The lowest BCUT2D eigenvalue weighted by molar-refractivity contribution is -0.287. The fourth-order valence-corrected chi connectivity index (χ4v) is 1.93. The second-order valence-electron chi connectivity index (χ2n) is 5.10. The molecular formula is C13H20O4. The Morgan fingerprint density at radius 2 is 1.12 bits per heavy atom. The quantitative estimate of drug-likeness (QED) is 0.690. The molecule has 17 heavy (non-hydrogen) atoms. The first kappa shape index (κ1) is 12.8. The van der Waals surface area contributed by atoms with E-state index in [0.29, 0.717) is 26.4 Å². The molecule has 96 valence electrons. The lowest BCUT2D eigenvalue weighted by Gasteiger charge is -2.43. The van der Waals surface area contributed by atoms with Crippen LogP contribution in [0.2, 0.25) is 0 Å². The lowest BCUT2D eigenvalue weighted by atomic mass is 9.90. The van der Waals surface area contributed by atoms with Crippen LogP contribution in [0.3, 0.4) is 0 Å². The van der Waals surface area contributed by atoms with Gasteiger partial charge in [-0.2, -0.15) is 0 Å². The minimum atomic E-state index is -0.292. The number of rotatable bonds is 2. The SMILES string of the molecule is C=C(C)C1OCC2(CO1)COC(C(=C)C)OC2. The summed E-state index contributed by atoms with van der Waals surface area (Å²) >= 11 is 0. The van der Waals surface area contributed by atoms with Gasteiger partial charge in [-0.05, 0) is 25.0 Å². The van der Waals surface area contributed by atoms with Gasteiger partial charge in [0.15, 0.2) is 12.6 Å².